The van der Waals surface area contributed by atoms with E-state index in [-0.39, 0.29) is 11.5 Å². The molecular formula is C20H21BN2O3. The minimum absolute atomic E-state index is 0.136. The maximum atomic E-state index is 12.3. The van der Waals surface area contributed by atoms with Crippen molar-refractivity contribution >= 4 is 30.9 Å². The maximum absolute atomic E-state index is 12.3. The number of nitrogens with one attached hydrogen (secondary N) is 2. The standard InChI is InChI=1S/C20H21BN2O3/c1-13(24)18(19(22-3)15-9-5-4-6-10-15)23-20(25)26-14(2)16-11-7-8-12-17(16)21/h4-12,14,22H,1-3H3,(H,23,25). The summed E-state index contributed by atoms with van der Waals surface area (Å²) in [5, 5.41) is 5.52. The lowest BCUT2D eigenvalue weighted by Gasteiger charge is -2.18. The number of alkyl carbamates (subject to hydrolysis) is 1. The van der Waals surface area contributed by atoms with Gasteiger partial charge < -0.3 is 10.1 Å². The van der Waals surface area contributed by atoms with E-state index in [1.807, 2.05) is 36.4 Å². The van der Waals surface area contributed by atoms with E-state index in [0.717, 1.165) is 5.56 Å². The van der Waals surface area contributed by atoms with Crippen LogP contribution in [0.5, 0.6) is 0 Å². The van der Waals surface area contributed by atoms with Gasteiger partial charge in [-0.15, -0.1) is 0 Å². The van der Waals surface area contributed by atoms with E-state index >= 15 is 0 Å². The third kappa shape index (κ3) is 4.75. The molecule has 0 aliphatic carbocycles. The molecule has 132 valence electrons. The molecule has 2 aromatic carbocycles. The molecule has 6 heteroatoms. The van der Waals surface area contributed by atoms with Crippen LogP contribution in [0.2, 0.25) is 0 Å². The second-order valence-corrected chi connectivity index (χ2v) is 5.72. The normalized spacial score (nSPS) is 12.6. The van der Waals surface area contributed by atoms with Crippen LogP contribution in [0.3, 0.4) is 0 Å². The smallest absolute Gasteiger partial charge is 0.412 e. The summed E-state index contributed by atoms with van der Waals surface area (Å²) in [4.78, 5) is 24.4. The van der Waals surface area contributed by atoms with Crippen LogP contribution >= 0.6 is 0 Å². The Morgan fingerprint density at radius 2 is 1.65 bits per heavy atom. The van der Waals surface area contributed by atoms with Crippen molar-refractivity contribution in [2.75, 3.05) is 7.05 Å². The average Bonchev–Trinajstić information content (AvgIpc) is 2.62. The zero-order valence-corrected chi connectivity index (χ0v) is 15.1. The van der Waals surface area contributed by atoms with Crippen molar-refractivity contribution in [3.05, 3.63) is 71.4 Å². The quantitative estimate of drug-likeness (QED) is 0.622. The number of rotatable bonds is 6. The van der Waals surface area contributed by atoms with Crippen LogP contribution in [0, 0.1) is 0 Å². The molecular weight excluding hydrogens is 327 g/mol. The highest BCUT2D eigenvalue weighted by molar-refractivity contribution is 6.33. The minimum atomic E-state index is -0.727. The number of carbonyl (C=O) groups is 2. The number of allylic oxidation sites excluding steroid dienone is 1. The Kier molecular flexibility index (Phi) is 6.61. The first-order chi connectivity index (χ1) is 12.4. The first kappa shape index (κ1) is 19.3. The molecule has 5 nitrogen and oxygen atoms in total. The van der Waals surface area contributed by atoms with Crippen LogP contribution in [0.15, 0.2) is 60.3 Å². The highest BCUT2D eigenvalue weighted by Crippen LogP contribution is 2.17. The van der Waals surface area contributed by atoms with Crippen LogP contribution in [-0.2, 0) is 9.53 Å². The number of hydrogen-bond acceptors (Lipinski definition) is 4. The highest BCUT2D eigenvalue weighted by atomic mass is 16.6. The Bertz CT molecular complexity index is 819. The molecule has 0 saturated heterocycles. The van der Waals surface area contributed by atoms with Gasteiger partial charge in [0.2, 0.25) is 0 Å². The summed E-state index contributed by atoms with van der Waals surface area (Å²) in [5.74, 6) is -0.290. The number of ether oxygens (including phenoxy) is 1. The Labute approximate surface area is 154 Å². The molecule has 0 aromatic heterocycles. The van der Waals surface area contributed by atoms with E-state index < -0.39 is 12.2 Å². The summed E-state index contributed by atoms with van der Waals surface area (Å²) in [7, 11) is 7.59. The van der Waals surface area contributed by atoms with E-state index in [9.17, 15) is 9.59 Å². The van der Waals surface area contributed by atoms with Gasteiger partial charge in [0.15, 0.2) is 5.78 Å². The van der Waals surface area contributed by atoms with Gasteiger partial charge in [0.1, 0.15) is 19.6 Å². The molecule has 26 heavy (non-hydrogen) atoms. The number of Topliss-reactive ketones (excluding diaryl/α,β-unsaturated/α-hetero) is 1. The molecule has 0 spiro atoms. The van der Waals surface area contributed by atoms with Crippen molar-refractivity contribution in [1.82, 2.24) is 10.6 Å². The molecule has 2 N–H and O–H groups in total. The van der Waals surface area contributed by atoms with Crippen LogP contribution < -0.4 is 16.1 Å². The zero-order valence-electron chi connectivity index (χ0n) is 15.1. The summed E-state index contributed by atoms with van der Waals surface area (Å²) >= 11 is 0. The molecule has 2 aromatic rings. The van der Waals surface area contributed by atoms with E-state index in [0.29, 0.717) is 16.7 Å². The Morgan fingerprint density at radius 1 is 1.04 bits per heavy atom. The highest BCUT2D eigenvalue weighted by Gasteiger charge is 2.19. The number of hydrogen-bond donors (Lipinski definition) is 2. The fourth-order valence-corrected chi connectivity index (χ4v) is 2.58. The van der Waals surface area contributed by atoms with Gasteiger partial charge in [0.25, 0.3) is 0 Å². The first-order valence-corrected chi connectivity index (χ1v) is 8.24. The molecule has 0 fully saturated rings. The van der Waals surface area contributed by atoms with E-state index in [1.165, 1.54) is 6.92 Å². The van der Waals surface area contributed by atoms with Crippen LogP contribution in [0.1, 0.15) is 31.1 Å². The van der Waals surface area contributed by atoms with Gasteiger partial charge in [0.05, 0.1) is 5.70 Å². The molecule has 0 aliphatic heterocycles. The first-order valence-electron chi connectivity index (χ1n) is 8.24. The molecule has 2 rings (SSSR count). The topological polar surface area (TPSA) is 67.4 Å². The van der Waals surface area contributed by atoms with Gasteiger partial charge in [-0.2, -0.15) is 0 Å². The summed E-state index contributed by atoms with van der Waals surface area (Å²) in [6, 6.07) is 16.4. The molecule has 2 radical (unpaired) electrons. The second-order valence-electron chi connectivity index (χ2n) is 5.72. The van der Waals surface area contributed by atoms with Crippen LogP contribution in [0.25, 0.3) is 5.70 Å². The van der Waals surface area contributed by atoms with Gasteiger partial charge in [-0.25, -0.2) is 4.79 Å². The van der Waals surface area contributed by atoms with Crippen molar-refractivity contribution in [2.24, 2.45) is 0 Å². The predicted molar refractivity (Wildman–Crippen MR) is 103 cm³/mol. The number of benzene rings is 2. The van der Waals surface area contributed by atoms with Crippen molar-refractivity contribution in [3.63, 3.8) is 0 Å². The molecule has 0 saturated carbocycles. The summed E-state index contributed by atoms with van der Waals surface area (Å²) in [5.41, 5.74) is 2.67. The van der Waals surface area contributed by atoms with Gasteiger partial charge >= 0.3 is 6.09 Å². The summed E-state index contributed by atoms with van der Waals surface area (Å²) in [6.07, 6.45) is -1.28. The maximum Gasteiger partial charge on any atom is 0.412 e. The van der Waals surface area contributed by atoms with E-state index in [2.05, 4.69) is 10.6 Å². The van der Waals surface area contributed by atoms with Gasteiger partial charge in [-0.05, 0) is 18.1 Å². The van der Waals surface area contributed by atoms with Crippen molar-refractivity contribution in [1.29, 1.82) is 0 Å². The average molecular weight is 348 g/mol. The second kappa shape index (κ2) is 8.90. The van der Waals surface area contributed by atoms with Gasteiger partial charge in [-0.3, -0.25) is 10.1 Å². The third-order valence-electron chi connectivity index (χ3n) is 3.86. The van der Waals surface area contributed by atoms with Crippen LogP contribution in [0.4, 0.5) is 4.79 Å². The molecule has 1 unspecified atom stereocenters. The Hall–Kier alpha value is -3.02. The number of ketones is 1. The lowest BCUT2D eigenvalue weighted by molar-refractivity contribution is -0.113. The van der Waals surface area contributed by atoms with E-state index in [4.69, 9.17) is 12.6 Å². The molecule has 1 amide bonds. The number of amides is 1. The largest absolute Gasteiger partial charge is 0.441 e. The van der Waals surface area contributed by atoms with Crippen LogP contribution in [-0.4, -0.2) is 26.8 Å². The lowest BCUT2D eigenvalue weighted by atomic mass is 9.88. The van der Waals surface area contributed by atoms with Gasteiger partial charge in [-0.1, -0.05) is 60.1 Å². The van der Waals surface area contributed by atoms with E-state index in [1.54, 1.807) is 32.2 Å². The minimum Gasteiger partial charge on any atom is -0.441 e. The number of carbonyl (C=O) groups excluding carboxylic acids is 2. The Morgan fingerprint density at radius 3 is 2.23 bits per heavy atom. The summed E-state index contributed by atoms with van der Waals surface area (Å²) < 4.78 is 5.38. The fourth-order valence-electron chi connectivity index (χ4n) is 2.58. The van der Waals surface area contributed by atoms with Crippen molar-refractivity contribution < 1.29 is 14.3 Å². The predicted octanol–water partition coefficient (Wildman–Crippen LogP) is 2.44. The Balaban J connectivity index is 2.22. The van der Waals surface area contributed by atoms with Crippen molar-refractivity contribution in [3.8, 4) is 0 Å². The lowest BCUT2D eigenvalue weighted by Crippen LogP contribution is -2.31. The fraction of sp³-hybridized carbons (Fsp3) is 0.200. The van der Waals surface area contributed by atoms with Gasteiger partial charge in [0, 0.05) is 14.0 Å². The molecule has 1 atom stereocenters. The van der Waals surface area contributed by atoms with Crippen molar-refractivity contribution in [2.45, 2.75) is 20.0 Å². The zero-order chi connectivity index (χ0) is 19.1. The molecule has 0 bridgehead atoms. The SMILES string of the molecule is [B]c1ccccc1C(C)OC(=O)NC(C(C)=O)=C(NC)c1ccccc1. The molecule has 0 aliphatic rings. The third-order valence-corrected chi connectivity index (χ3v) is 3.86. The summed E-state index contributed by atoms with van der Waals surface area (Å²) in [6.45, 7) is 3.10. The molecule has 0 heterocycles. The monoisotopic (exact) mass is 348 g/mol.